The molecule has 3 aromatic rings. The summed E-state index contributed by atoms with van der Waals surface area (Å²) in [6.45, 7) is 4.77. The Labute approximate surface area is 323 Å². The summed E-state index contributed by atoms with van der Waals surface area (Å²) < 4.78 is 6.18. The molecule has 0 saturated heterocycles. The van der Waals surface area contributed by atoms with Gasteiger partial charge in [0.1, 0.15) is 23.6 Å². The van der Waals surface area contributed by atoms with Gasteiger partial charge in [0.25, 0.3) is 0 Å². The zero-order valence-electron chi connectivity index (χ0n) is 30.3. The first kappa shape index (κ1) is 41.9. The molecule has 1 saturated carbocycles. The normalized spacial score (nSPS) is 18.2. The molecule has 4 rings (SSSR count). The van der Waals surface area contributed by atoms with Crippen LogP contribution in [0.15, 0.2) is 78.9 Å². The van der Waals surface area contributed by atoms with Gasteiger partial charge in [-0.3, -0.25) is 28.8 Å². The van der Waals surface area contributed by atoms with Crippen LogP contribution >= 0.6 is 23.4 Å². The van der Waals surface area contributed by atoms with Crippen LogP contribution < -0.4 is 20.7 Å². The second-order valence-electron chi connectivity index (χ2n) is 13.7. The number of phenols is 1. The van der Waals surface area contributed by atoms with Gasteiger partial charge in [0.2, 0.25) is 17.7 Å². The van der Waals surface area contributed by atoms with Crippen LogP contribution in [0, 0.1) is 17.8 Å². The number of carboxylic acids is 1. The van der Waals surface area contributed by atoms with E-state index in [0.29, 0.717) is 22.1 Å². The fourth-order valence-electron chi connectivity index (χ4n) is 6.43. The lowest BCUT2D eigenvalue weighted by atomic mass is 9.83. The lowest BCUT2D eigenvalue weighted by Crippen LogP contribution is -2.55. The molecule has 3 amide bonds. The molecule has 1 fully saturated rings. The van der Waals surface area contributed by atoms with Crippen molar-refractivity contribution in [2.75, 3.05) is 5.75 Å². The number of carbonyl (C=O) groups excluding carboxylic acids is 5. The SMILES string of the molecule is CC(=O)N[C@@H](Cc1ccc(O)cc1)C(=O)N[C@H](C(=O)C1C[C@H](Oc2ccccc2)C[C@H]1C(=O)N[C@@H](CC(=O)O)C(=O)CSCc1ccccc1Cl)C(C)C. The molecule has 1 unspecified atom stereocenters. The van der Waals surface area contributed by atoms with E-state index in [9.17, 15) is 39.0 Å². The van der Waals surface area contributed by atoms with Crippen LogP contribution in [0.25, 0.3) is 0 Å². The van der Waals surface area contributed by atoms with Crippen molar-refractivity contribution in [1.29, 1.82) is 0 Å². The average molecular weight is 780 g/mol. The van der Waals surface area contributed by atoms with E-state index >= 15 is 0 Å². The fraction of sp³-hybridized carbons (Fsp3) is 0.400. The molecule has 12 nitrogen and oxygen atoms in total. The predicted molar refractivity (Wildman–Crippen MR) is 205 cm³/mol. The summed E-state index contributed by atoms with van der Waals surface area (Å²) in [5.74, 6) is -5.44. The van der Waals surface area contributed by atoms with Crippen molar-refractivity contribution in [1.82, 2.24) is 16.0 Å². The number of thioether (sulfide) groups is 1. The lowest BCUT2D eigenvalue weighted by molar-refractivity contribution is -0.141. The molecule has 0 radical (unpaired) electrons. The Kier molecular flexibility index (Phi) is 15.5. The van der Waals surface area contributed by atoms with E-state index in [1.54, 1.807) is 62.4 Å². The number of halogens is 1. The van der Waals surface area contributed by atoms with E-state index in [1.165, 1.54) is 30.8 Å². The molecular formula is C40H46ClN3O9S. The maximum atomic E-state index is 14.4. The smallest absolute Gasteiger partial charge is 0.305 e. The molecular weight excluding hydrogens is 734 g/mol. The summed E-state index contributed by atoms with van der Waals surface area (Å²) in [4.78, 5) is 79.4. The number of carbonyl (C=O) groups is 6. The molecule has 14 heteroatoms. The number of aliphatic carboxylic acids is 1. The van der Waals surface area contributed by atoms with Gasteiger partial charge in [0, 0.05) is 30.0 Å². The van der Waals surface area contributed by atoms with E-state index in [4.69, 9.17) is 16.3 Å². The molecule has 1 aliphatic carbocycles. The molecule has 6 atom stereocenters. The number of para-hydroxylation sites is 1. The topological polar surface area (TPSA) is 188 Å². The number of rotatable bonds is 19. The number of ether oxygens (including phenoxy) is 1. The zero-order valence-corrected chi connectivity index (χ0v) is 31.9. The van der Waals surface area contributed by atoms with Crippen LogP contribution in [0.3, 0.4) is 0 Å². The van der Waals surface area contributed by atoms with Crippen molar-refractivity contribution in [2.45, 2.75) is 76.4 Å². The molecule has 1 aliphatic rings. The Bertz CT molecular complexity index is 1790. The van der Waals surface area contributed by atoms with E-state index < -0.39 is 83.7 Å². The highest BCUT2D eigenvalue weighted by atomic mass is 35.5. The van der Waals surface area contributed by atoms with Gasteiger partial charge in [-0.05, 0) is 60.2 Å². The van der Waals surface area contributed by atoms with Gasteiger partial charge in [0.05, 0.1) is 30.2 Å². The van der Waals surface area contributed by atoms with E-state index in [-0.39, 0.29) is 30.8 Å². The third kappa shape index (κ3) is 12.3. The predicted octanol–water partition coefficient (Wildman–Crippen LogP) is 4.74. The summed E-state index contributed by atoms with van der Waals surface area (Å²) in [6.07, 6.45) is -0.925. The Morgan fingerprint density at radius 2 is 1.50 bits per heavy atom. The Hall–Kier alpha value is -4.88. The van der Waals surface area contributed by atoms with Gasteiger partial charge in [-0.1, -0.05) is 74.0 Å². The van der Waals surface area contributed by atoms with Gasteiger partial charge >= 0.3 is 5.97 Å². The number of aromatic hydroxyl groups is 1. The molecule has 288 valence electrons. The number of ketones is 2. The number of carboxylic acid groups (broad SMARTS) is 1. The van der Waals surface area contributed by atoms with Crippen molar-refractivity contribution in [3.8, 4) is 11.5 Å². The van der Waals surface area contributed by atoms with Crippen LogP contribution in [0.5, 0.6) is 11.5 Å². The Balaban J connectivity index is 1.54. The first-order valence-corrected chi connectivity index (χ1v) is 19.2. The summed E-state index contributed by atoms with van der Waals surface area (Å²) in [7, 11) is 0. The minimum absolute atomic E-state index is 0.0420. The Morgan fingerprint density at radius 1 is 0.852 bits per heavy atom. The van der Waals surface area contributed by atoms with Gasteiger partial charge in [0.15, 0.2) is 11.6 Å². The number of amides is 3. The van der Waals surface area contributed by atoms with Crippen molar-refractivity contribution in [2.24, 2.45) is 17.8 Å². The van der Waals surface area contributed by atoms with E-state index in [2.05, 4.69) is 16.0 Å². The van der Waals surface area contributed by atoms with Crippen molar-refractivity contribution >= 4 is 58.6 Å². The van der Waals surface area contributed by atoms with Gasteiger partial charge in [-0.25, -0.2) is 0 Å². The molecule has 0 heterocycles. The average Bonchev–Trinajstić information content (AvgIpc) is 3.55. The zero-order chi connectivity index (χ0) is 39.4. The summed E-state index contributed by atoms with van der Waals surface area (Å²) in [5, 5.41) is 27.9. The highest BCUT2D eigenvalue weighted by Crippen LogP contribution is 2.37. The van der Waals surface area contributed by atoms with Crippen LogP contribution in [0.1, 0.15) is 51.2 Å². The van der Waals surface area contributed by atoms with Gasteiger partial charge in [-0.2, -0.15) is 0 Å². The van der Waals surface area contributed by atoms with Crippen molar-refractivity contribution in [3.05, 3.63) is 95.0 Å². The molecule has 0 aromatic heterocycles. The number of nitrogens with one attached hydrogen (secondary N) is 3. The second-order valence-corrected chi connectivity index (χ2v) is 15.1. The van der Waals surface area contributed by atoms with E-state index in [0.717, 1.165) is 5.56 Å². The quantitative estimate of drug-likeness (QED) is 0.114. The lowest BCUT2D eigenvalue weighted by Gasteiger charge is -2.29. The Morgan fingerprint density at radius 3 is 2.13 bits per heavy atom. The number of Topliss-reactive ketones (excluding diaryl/α,β-unsaturated/α-hetero) is 2. The minimum atomic E-state index is -1.35. The third-order valence-electron chi connectivity index (χ3n) is 9.15. The van der Waals surface area contributed by atoms with Crippen LogP contribution in [0.2, 0.25) is 5.02 Å². The van der Waals surface area contributed by atoms with E-state index in [1.807, 2.05) is 18.2 Å². The highest BCUT2D eigenvalue weighted by molar-refractivity contribution is 7.99. The highest BCUT2D eigenvalue weighted by Gasteiger charge is 2.47. The van der Waals surface area contributed by atoms with Crippen LogP contribution in [0.4, 0.5) is 0 Å². The maximum Gasteiger partial charge on any atom is 0.305 e. The van der Waals surface area contributed by atoms with Gasteiger partial charge < -0.3 is 30.9 Å². The molecule has 0 bridgehead atoms. The molecule has 3 aromatic carbocycles. The molecule has 0 aliphatic heterocycles. The third-order valence-corrected chi connectivity index (χ3v) is 10.5. The maximum absolute atomic E-state index is 14.4. The first-order valence-electron chi connectivity index (χ1n) is 17.7. The number of benzene rings is 3. The monoisotopic (exact) mass is 779 g/mol. The number of phenolic OH excluding ortho intramolecular Hbond substituents is 1. The first-order chi connectivity index (χ1) is 25.7. The summed E-state index contributed by atoms with van der Waals surface area (Å²) in [6, 6.07) is 18.8. The molecule has 0 spiro atoms. The number of hydrogen-bond donors (Lipinski definition) is 5. The van der Waals surface area contributed by atoms with Crippen LogP contribution in [-0.2, 0) is 40.9 Å². The largest absolute Gasteiger partial charge is 0.508 e. The summed E-state index contributed by atoms with van der Waals surface area (Å²) in [5.41, 5.74) is 1.47. The standard InChI is InChI=1S/C40H46ClN3O9S/c1-23(2)37(44-40(52)34(42-24(3)45)17-25-13-15-27(46)16-14-25)38(50)30-18-29(53-28-10-5-4-6-11-28)19-31(30)39(51)43-33(20-36(48)49)35(47)22-54-21-26-9-7-8-12-32(26)41/h4-16,23,29-31,33-34,37,46H,17-22H2,1-3H3,(H,42,45)(H,43,51)(H,44,52)(H,48,49)/t29-,30?,31+,33-,34-,37-/m0/s1. The summed E-state index contributed by atoms with van der Waals surface area (Å²) >= 11 is 7.48. The molecule has 5 N–H and O–H groups in total. The minimum Gasteiger partial charge on any atom is -0.508 e. The fourth-order valence-corrected chi connectivity index (χ4v) is 7.69. The second kappa shape index (κ2) is 20.0. The molecule has 54 heavy (non-hydrogen) atoms. The van der Waals surface area contributed by atoms with Crippen molar-refractivity contribution < 1.29 is 43.7 Å². The van der Waals surface area contributed by atoms with Crippen molar-refractivity contribution in [3.63, 3.8) is 0 Å². The van der Waals surface area contributed by atoms with Crippen LogP contribution in [-0.4, -0.2) is 75.5 Å². The number of hydrogen-bond acceptors (Lipinski definition) is 9. The van der Waals surface area contributed by atoms with Gasteiger partial charge in [-0.15, -0.1) is 11.8 Å².